The van der Waals surface area contributed by atoms with Crippen molar-refractivity contribution in [1.29, 1.82) is 0 Å². The van der Waals surface area contributed by atoms with Gasteiger partial charge in [-0.2, -0.15) is 0 Å². The molecule has 1 unspecified atom stereocenters. The number of phenolic OH excluding ortho intramolecular Hbond substituents is 1. The maximum absolute atomic E-state index is 11.9. The molecule has 3 rings (SSSR count). The number of fused-ring (bicyclic) bond motifs is 1. The van der Waals surface area contributed by atoms with Gasteiger partial charge < -0.3 is 15.7 Å². The number of benzene rings is 2. The minimum Gasteiger partial charge on any atom is -0.508 e. The topological polar surface area (TPSA) is 61.4 Å². The number of phenols is 1. The maximum Gasteiger partial charge on any atom is 0.251 e. The molecule has 5 heteroatoms. The van der Waals surface area contributed by atoms with Crippen LogP contribution in [0.2, 0.25) is 5.02 Å². The molecule has 3 N–H and O–H groups in total. The summed E-state index contributed by atoms with van der Waals surface area (Å²) >= 11 is 5.96. The fourth-order valence-electron chi connectivity index (χ4n) is 2.10. The van der Waals surface area contributed by atoms with Crippen molar-refractivity contribution in [3.63, 3.8) is 0 Å². The van der Waals surface area contributed by atoms with E-state index in [4.69, 9.17) is 11.6 Å². The van der Waals surface area contributed by atoms with Crippen molar-refractivity contribution in [2.45, 2.75) is 6.04 Å². The van der Waals surface area contributed by atoms with Gasteiger partial charge in [0.1, 0.15) is 11.8 Å². The van der Waals surface area contributed by atoms with E-state index in [2.05, 4.69) is 10.6 Å². The van der Waals surface area contributed by atoms with Crippen LogP contribution in [0.3, 0.4) is 0 Å². The first-order chi connectivity index (χ1) is 9.13. The van der Waals surface area contributed by atoms with E-state index in [0.29, 0.717) is 5.02 Å². The Hall–Kier alpha value is -2.20. The van der Waals surface area contributed by atoms with Gasteiger partial charge in [0.2, 0.25) is 0 Å². The van der Waals surface area contributed by atoms with Crippen LogP contribution in [-0.4, -0.2) is 11.0 Å². The molecule has 0 spiro atoms. The summed E-state index contributed by atoms with van der Waals surface area (Å²) in [5, 5.41) is 15.7. The number of rotatable bonds is 2. The second-order valence-electron chi connectivity index (χ2n) is 4.35. The van der Waals surface area contributed by atoms with Crippen molar-refractivity contribution in [1.82, 2.24) is 0 Å². The van der Waals surface area contributed by atoms with Gasteiger partial charge >= 0.3 is 0 Å². The van der Waals surface area contributed by atoms with Crippen LogP contribution in [-0.2, 0) is 4.79 Å². The van der Waals surface area contributed by atoms with E-state index in [1.54, 1.807) is 42.5 Å². The van der Waals surface area contributed by atoms with Gasteiger partial charge in [0, 0.05) is 22.0 Å². The lowest BCUT2D eigenvalue weighted by molar-refractivity contribution is -0.116. The summed E-state index contributed by atoms with van der Waals surface area (Å²) in [5.41, 5.74) is 2.35. The van der Waals surface area contributed by atoms with Crippen molar-refractivity contribution in [3.8, 4) is 5.75 Å². The monoisotopic (exact) mass is 274 g/mol. The Balaban J connectivity index is 1.91. The molecule has 0 bridgehead atoms. The third kappa shape index (κ3) is 2.22. The standard InChI is InChI=1S/C14H11ClN2O2/c15-8-1-6-12-11(7-8)13(14(19)17-12)16-9-2-4-10(18)5-3-9/h1-7,13,16,18H,(H,17,19). The van der Waals surface area contributed by atoms with E-state index in [1.807, 2.05) is 0 Å². The first kappa shape index (κ1) is 11.9. The molecule has 1 aliphatic heterocycles. The first-order valence-electron chi connectivity index (χ1n) is 5.79. The fourth-order valence-corrected chi connectivity index (χ4v) is 2.28. The number of amides is 1. The minimum absolute atomic E-state index is 0.120. The molecule has 2 aromatic carbocycles. The molecule has 96 valence electrons. The van der Waals surface area contributed by atoms with Crippen LogP contribution in [0.5, 0.6) is 5.75 Å². The third-order valence-corrected chi connectivity index (χ3v) is 3.26. The Morgan fingerprint density at radius 1 is 1.16 bits per heavy atom. The van der Waals surface area contributed by atoms with Gasteiger partial charge in [-0.3, -0.25) is 4.79 Å². The maximum atomic E-state index is 11.9. The Bertz CT molecular complexity index is 640. The number of carbonyl (C=O) groups excluding carboxylic acids is 1. The zero-order valence-electron chi connectivity index (χ0n) is 9.85. The summed E-state index contributed by atoms with van der Waals surface area (Å²) in [7, 11) is 0. The first-order valence-corrected chi connectivity index (χ1v) is 6.17. The van der Waals surface area contributed by atoms with Crippen molar-refractivity contribution < 1.29 is 9.90 Å². The molecule has 0 radical (unpaired) electrons. The number of halogens is 1. The molecule has 1 amide bonds. The Morgan fingerprint density at radius 3 is 2.63 bits per heavy atom. The molecular weight excluding hydrogens is 264 g/mol. The lowest BCUT2D eigenvalue weighted by atomic mass is 10.1. The van der Waals surface area contributed by atoms with Gasteiger partial charge in [0.05, 0.1) is 0 Å². The molecule has 1 aliphatic rings. The average molecular weight is 275 g/mol. The number of hydrogen-bond donors (Lipinski definition) is 3. The summed E-state index contributed by atoms with van der Waals surface area (Å²) in [6.07, 6.45) is 0. The highest BCUT2D eigenvalue weighted by molar-refractivity contribution is 6.31. The largest absolute Gasteiger partial charge is 0.508 e. The molecule has 2 aromatic rings. The number of hydrogen-bond acceptors (Lipinski definition) is 3. The molecule has 0 aromatic heterocycles. The summed E-state index contributed by atoms with van der Waals surface area (Å²) in [6, 6.07) is 11.4. The van der Waals surface area contributed by atoms with E-state index >= 15 is 0 Å². The highest BCUT2D eigenvalue weighted by Gasteiger charge is 2.30. The van der Waals surface area contributed by atoms with Crippen LogP contribution >= 0.6 is 11.6 Å². The van der Waals surface area contributed by atoms with Gasteiger partial charge in [0.25, 0.3) is 5.91 Å². The van der Waals surface area contributed by atoms with Gasteiger partial charge in [-0.05, 0) is 42.5 Å². The summed E-state index contributed by atoms with van der Waals surface area (Å²) in [6.45, 7) is 0. The van der Waals surface area contributed by atoms with Crippen LogP contribution in [0.25, 0.3) is 0 Å². The SMILES string of the molecule is O=C1Nc2ccc(Cl)cc2C1Nc1ccc(O)cc1. The number of carbonyl (C=O) groups is 1. The van der Waals surface area contributed by atoms with E-state index in [-0.39, 0.29) is 11.7 Å². The van der Waals surface area contributed by atoms with E-state index in [9.17, 15) is 9.90 Å². The lowest BCUT2D eigenvalue weighted by Gasteiger charge is -2.13. The molecule has 1 atom stereocenters. The Morgan fingerprint density at radius 2 is 1.89 bits per heavy atom. The van der Waals surface area contributed by atoms with Crippen LogP contribution in [0, 0.1) is 0 Å². The Kier molecular flexibility index (Phi) is 2.80. The molecule has 0 saturated heterocycles. The van der Waals surface area contributed by atoms with Crippen LogP contribution in [0.4, 0.5) is 11.4 Å². The molecular formula is C14H11ClN2O2. The lowest BCUT2D eigenvalue weighted by Crippen LogP contribution is -2.19. The zero-order chi connectivity index (χ0) is 13.4. The van der Waals surface area contributed by atoms with E-state index in [1.165, 1.54) is 0 Å². The average Bonchev–Trinajstić information content (AvgIpc) is 2.69. The van der Waals surface area contributed by atoms with Crippen LogP contribution < -0.4 is 10.6 Å². The summed E-state index contributed by atoms with van der Waals surface area (Å²) in [5.74, 6) is 0.0650. The number of nitrogens with one attached hydrogen (secondary N) is 2. The zero-order valence-corrected chi connectivity index (χ0v) is 10.6. The fraction of sp³-hybridized carbons (Fsp3) is 0.0714. The van der Waals surface area contributed by atoms with Gasteiger partial charge in [-0.25, -0.2) is 0 Å². The Labute approximate surface area is 115 Å². The summed E-state index contributed by atoms with van der Waals surface area (Å²) < 4.78 is 0. The van der Waals surface area contributed by atoms with Gasteiger partial charge in [-0.1, -0.05) is 11.6 Å². The van der Waals surface area contributed by atoms with Crippen LogP contribution in [0.15, 0.2) is 42.5 Å². The van der Waals surface area contributed by atoms with Crippen molar-refractivity contribution >= 4 is 28.9 Å². The summed E-state index contributed by atoms with van der Waals surface area (Å²) in [4.78, 5) is 11.9. The highest BCUT2D eigenvalue weighted by Crippen LogP contribution is 2.35. The number of anilines is 2. The molecule has 1 heterocycles. The second kappa shape index (κ2) is 4.48. The molecule has 0 fully saturated rings. The predicted octanol–water partition coefficient (Wildman–Crippen LogP) is 3.15. The molecule has 19 heavy (non-hydrogen) atoms. The minimum atomic E-state index is -0.474. The highest BCUT2D eigenvalue weighted by atomic mass is 35.5. The quantitative estimate of drug-likeness (QED) is 0.737. The van der Waals surface area contributed by atoms with Gasteiger partial charge in [0.15, 0.2) is 0 Å². The normalized spacial score (nSPS) is 16.9. The van der Waals surface area contributed by atoms with E-state index < -0.39 is 6.04 Å². The van der Waals surface area contributed by atoms with Crippen LogP contribution in [0.1, 0.15) is 11.6 Å². The van der Waals surface area contributed by atoms with Crippen molar-refractivity contribution in [2.24, 2.45) is 0 Å². The molecule has 0 aliphatic carbocycles. The van der Waals surface area contributed by atoms with Crippen molar-refractivity contribution in [2.75, 3.05) is 10.6 Å². The smallest absolute Gasteiger partial charge is 0.251 e. The van der Waals surface area contributed by atoms with Crippen molar-refractivity contribution in [3.05, 3.63) is 53.1 Å². The third-order valence-electron chi connectivity index (χ3n) is 3.02. The predicted molar refractivity (Wildman–Crippen MR) is 74.6 cm³/mol. The molecule has 0 saturated carbocycles. The van der Waals surface area contributed by atoms with E-state index in [0.717, 1.165) is 16.9 Å². The number of aromatic hydroxyl groups is 1. The van der Waals surface area contributed by atoms with Gasteiger partial charge in [-0.15, -0.1) is 0 Å². The molecule has 4 nitrogen and oxygen atoms in total. The second-order valence-corrected chi connectivity index (χ2v) is 4.78.